The molecule has 2 heterocycles. The number of anilines is 1. The number of hydrogen-bond acceptors (Lipinski definition) is 5. The predicted molar refractivity (Wildman–Crippen MR) is 106 cm³/mol. The molecule has 1 saturated heterocycles. The van der Waals surface area contributed by atoms with E-state index in [1.807, 2.05) is 24.3 Å². The van der Waals surface area contributed by atoms with E-state index in [9.17, 15) is 23.1 Å². The summed E-state index contributed by atoms with van der Waals surface area (Å²) in [6.07, 6.45) is -5.13. The van der Waals surface area contributed by atoms with Gasteiger partial charge in [0.2, 0.25) is 5.72 Å². The van der Waals surface area contributed by atoms with Crippen molar-refractivity contribution >= 4 is 40.1 Å². The van der Waals surface area contributed by atoms with Gasteiger partial charge in [0.25, 0.3) is 0 Å². The summed E-state index contributed by atoms with van der Waals surface area (Å²) in [4.78, 5) is 15.0. The lowest BCUT2D eigenvalue weighted by Crippen LogP contribution is -2.72. The zero-order valence-electron chi connectivity index (χ0n) is 14.9. The molecule has 3 atom stereocenters. The fourth-order valence-electron chi connectivity index (χ4n) is 3.17. The van der Waals surface area contributed by atoms with Gasteiger partial charge in [-0.3, -0.25) is 4.79 Å². The standard InChI is InChI=1S/C18H18F3N3O2S2/c1-24(2)11-7-5-10(6-8-11)14-13(15(25)12-4-3-9-28-12)17(26,18(19,20)21)23-16(27)22-14/h3-9,13-14,26H,1-2H3,(H2,22,23,27)/t13-,14+,17+/m1/s1. The van der Waals surface area contributed by atoms with Crippen molar-refractivity contribution in [3.8, 4) is 0 Å². The molecule has 28 heavy (non-hydrogen) atoms. The molecule has 0 radical (unpaired) electrons. The maximum Gasteiger partial charge on any atom is 0.437 e. The van der Waals surface area contributed by atoms with E-state index in [1.165, 1.54) is 6.07 Å². The second-order valence-corrected chi connectivity index (χ2v) is 8.00. The summed E-state index contributed by atoms with van der Waals surface area (Å²) >= 11 is 5.93. The number of nitrogens with zero attached hydrogens (tertiary/aromatic N) is 1. The first-order valence-corrected chi connectivity index (χ1v) is 9.56. The van der Waals surface area contributed by atoms with Crippen LogP contribution in [0.2, 0.25) is 0 Å². The van der Waals surface area contributed by atoms with Gasteiger partial charge in [-0.2, -0.15) is 13.2 Å². The normalized spacial score (nSPS) is 25.0. The number of Topliss-reactive ketones (excluding diaryl/α,β-unsaturated/α-hetero) is 1. The molecule has 10 heteroatoms. The Morgan fingerprint density at radius 3 is 2.39 bits per heavy atom. The number of thiocarbonyl (C=S) groups is 1. The lowest BCUT2D eigenvalue weighted by molar-refractivity contribution is -0.285. The number of halogens is 3. The molecule has 0 aliphatic carbocycles. The highest BCUT2D eigenvalue weighted by atomic mass is 32.1. The van der Waals surface area contributed by atoms with Crippen molar-refractivity contribution in [3.05, 3.63) is 52.2 Å². The van der Waals surface area contributed by atoms with E-state index < -0.39 is 29.6 Å². The van der Waals surface area contributed by atoms with Gasteiger partial charge in [-0.15, -0.1) is 11.3 Å². The van der Waals surface area contributed by atoms with Crippen molar-refractivity contribution < 1.29 is 23.1 Å². The minimum Gasteiger partial charge on any atom is -0.378 e. The summed E-state index contributed by atoms with van der Waals surface area (Å²) in [7, 11) is 3.66. The summed E-state index contributed by atoms with van der Waals surface area (Å²) in [5.41, 5.74) is -2.25. The number of nitrogens with one attached hydrogen (secondary N) is 2. The molecule has 0 unspecified atom stereocenters. The van der Waals surface area contributed by atoms with Gasteiger partial charge >= 0.3 is 6.18 Å². The molecule has 0 spiro atoms. The SMILES string of the molecule is CN(C)c1ccc([C@@H]2NC(=S)N[C@@](O)(C(F)(F)F)[C@H]2C(=O)c2cccs2)cc1. The molecule has 1 aromatic heterocycles. The van der Waals surface area contributed by atoms with Crippen molar-refractivity contribution in [1.82, 2.24) is 10.6 Å². The summed E-state index contributed by atoms with van der Waals surface area (Å²) in [6, 6.07) is 8.52. The Balaban J connectivity index is 2.11. The molecule has 1 fully saturated rings. The first kappa shape index (κ1) is 20.6. The zero-order chi connectivity index (χ0) is 20.7. The second kappa shape index (κ2) is 7.34. The number of ketones is 1. The Bertz CT molecular complexity index is 869. The second-order valence-electron chi connectivity index (χ2n) is 6.65. The van der Waals surface area contributed by atoms with Crippen molar-refractivity contribution in [3.63, 3.8) is 0 Å². The number of rotatable bonds is 4. The lowest BCUT2D eigenvalue weighted by Gasteiger charge is -2.46. The molecule has 0 bridgehead atoms. The first-order valence-electron chi connectivity index (χ1n) is 8.27. The third-order valence-corrected chi connectivity index (χ3v) is 5.73. The molecule has 1 aliphatic rings. The number of benzene rings is 1. The van der Waals surface area contributed by atoms with Crippen molar-refractivity contribution in [2.45, 2.75) is 17.9 Å². The smallest absolute Gasteiger partial charge is 0.378 e. The van der Waals surface area contributed by atoms with E-state index in [1.54, 1.807) is 35.7 Å². The zero-order valence-corrected chi connectivity index (χ0v) is 16.6. The van der Waals surface area contributed by atoms with Crippen LogP contribution in [0.4, 0.5) is 18.9 Å². The van der Waals surface area contributed by atoms with Gasteiger partial charge in [0.15, 0.2) is 10.9 Å². The highest BCUT2D eigenvalue weighted by Gasteiger charge is 2.65. The molecule has 3 N–H and O–H groups in total. The van der Waals surface area contributed by atoms with Crippen molar-refractivity contribution in [2.24, 2.45) is 5.92 Å². The monoisotopic (exact) mass is 429 g/mol. The highest BCUT2D eigenvalue weighted by Crippen LogP contribution is 2.44. The van der Waals surface area contributed by atoms with Crippen LogP contribution in [0.25, 0.3) is 0 Å². The van der Waals surface area contributed by atoms with Crippen LogP contribution in [0.5, 0.6) is 0 Å². The Morgan fingerprint density at radius 2 is 1.89 bits per heavy atom. The quantitative estimate of drug-likeness (QED) is 0.513. The molecular weight excluding hydrogens is 411 g/mol. The van der Waals surface area contributed by atoms with Crippen LogP contribution >= 0.6 is 23.6 Å². The lowest BCUT2D eigenvalue weighted by atomic mass is 9.78. The molecule has 2 aromatic rings. The summed E-state index contributed by atoms with van der Waals surface area (Å²) < 4.78 is 41.6. The highest BCUT2D eigenvalue weighted by molar-refractivity contribution is 7.80. The first-order chi connectivity index (χ1) is 13.0. The van der Waals surface area contributed by atoms with Gasteiger partial charge in [0, 0.05) is 19.8 Å². The number of aliphatic hydroxyl groups is 1. The third-order valence-electron chi connectivity index (χ3n) is 4.62. The van der Waals surface area contributed by atoms with E-state index in [0.717, 1.165) is 17.0 Å². The van der Waals surface area contributed by atoms with Crippen LogP contribution in [0.1, 0.15) is 21.3 Å². The molecule has 0 amide bonds. The van der Waals surface area contributed by atoms with Crippen LogP contribution in [0.15, 0.2) is 41.8 Å². The maximum absolute atomic E-state index is 13.9. The Labute approximate surface area is 169 Å². The van der Waals surface area contributed by atoms with Crippen LogP contribution in [-0.2, 0) is 0 Å². The number of thiophene rings is 1. The van der Waals surface area contributed by atoms with E-state index in [4.69, 9.17) is 12.2 Å². The largest absolute Gasteiger partial charge is 0.437 e. The topological polar surface area (TPSA) is 64.6 Å². The van der Waals surface area contributed by atoms with E-state index in [0.29, 0.717) is 5.56 Å². The Morgan fingerprint density at radius 1 is 1.25 bits per heavy atom. The average Bonchev–Trinajstić information content (AvgIpc) is 3.14. The van der Waals surface area contributed by atoms with Gasteiger partial charge in [-0.1, -0.05) is 18.2 Å². The van der Waals surface area contributed by atoms with Crippen molar-refractivity contribution in [2.75, 3.05) is 19.0 Å². The molecule has 1 aromatic carbocycles. The van der Waals surface area contributed by atoms with Crippen LogP contribution in [0, 0.1) is 5.92 Å². The van der Waals surface area contributed by atoms with Gasteiger partial charge in [-0.25, -0.2) is 0 Å². The number of hydrogen-bond donors (Lipinski definition) is 3. The molecule has 3 rings (SSSR count). The molecule has 5 nitrogen and oxygen atoms in total. The fourth-order valence-corrected chi connectivity index (χ4v) is 4.16. The van der Waals surface area contributed by atoms with Gasteiger partial charge < -0.3 is 20.6 Å². The van der Waals surface area contributed by atoms with Crippen molar-refractivity contribution in [1.29, 1.82) is 0 Å². The van der Waals surface area contributed by atoms with Crippen LogP contribution < -0.4 is 15.5 Å². The minimum absolute atomic E-state index is 0.124. The summed E-state index contributed by atoms with van der Waals surface area (Å²) in [5.74, 6) is -2.69. The van der Waals surface area contributed by atoms with E-state index in [-0.39, 0.29) is 9.99 Å². The fraction of sp³-hybridized carbons (Fsp3) is 0.333. The van der Waals surface area contributed by atoms with Gasteiger partial charge in [-0.05, 0) is 41.4 Å². The maximum atomic E-state index is 13.9. The number of carbonyl (C=O) groups excluding carboxylic acids is 1. The van der Waals surface area contributed by atoms with Gasteiger partial charge in [0.05, 0.1) is 10.9 Å². The number of alkyl halides is 3. The Kier molecular flexibility index (Phi) is 5.39. The average molecular weight is 429 g/mol. The van der Waals surface area contributed by atoms with E-state index >= 15 is 0 Å². The molecule has 1 aliphatic heterocycles. The summed E-state index contributed by atoms with van der Waals surface area (Å²) in [6.45, 7) is 0. The van der Waals surface area contributed by atoms with Crippen LogP contribution in [-0.4, -0.2) is 42.0 Å². The molecule has 150 valence electrons. The van der Waals surface area contributed by atoms with E-state index in [2.05, 4.69) is 5.32 Å². The Hall–Kier alpha value is -2.17. The third kappa shape index (κ3) is 3.59. The minimum atomic E-state index is -5.13. The predicted octanol–water partition coefficient (Wildman–Crippen LogP) is 3.08. The summed E-state index contributed by atoms with van der Waals surface area (Å²) in [5, 5.41) is 16.4. The molecular formula is C18H18F3N3O2S2. The van der Waals surface area contributed by atoms with Gasteiger partial charge in [0.1, 0.15) is 5.92 Å². The van der Waals surface area contributed by atoms with Crippen LogP contribution in [0.3, 0.4) is 0 Å². The number of carbonyl (C=O) groups is 1. The molecule has 0 saturated carbocycles.